The van der Waals surface area contributed by atoms with Crippen LogP contribution < -0.4 is 0 Å². The van der Waals surface area contributed by atoms with Gasteiger partial charge in [0.15, 0.2) is 0 Å². The van der Waals surface area contributed by atoms with Crippen LogP contribution in [-0.2, 0) is 4.79 Å². The normalized spacial score (nSPS) is 46.4. The van der Waals surface area contributed by atoms with E-state index in [1.165, 1.54) is 51.4 Å². The van der Waals surface area contributed by atoms with Crippen molar-refractivity contribution in [2.24, 2.45) is 29.6 Å². The molecule has 5 fully saturated rings. The molecule has 0 unspecified atom stereocenters. The van der Waals surface area contributed by atoms with Crippen LogP contribution in [0.15, 0.2) is 0 Å². The van der Waals surface area contributed by atoms with Crippen LogP contribution in [0.2, 0.25) is 0 Å². The molecule has 18 heavy (non-hydrogen) atoms. The summed E-state index contributed by atoms with van der Waals surface area (Å²) in [6.07, 6.45) is 10.8. The summed E-state index contributed by atoms with van der Waals surface area (Å²) in [6.45, 7) is 2.09. The fraction of sp³-hybridized carbons (Fsp3) is 0.938. The zero-order chi connectivity index (χ0) is 12.1. The van der Waals surface area contributed by atoms with Gasteiger partial charge in [0.25, 0.3) is 0 Å². The van der Waals surface area contributed by atoms with Gasteiger partial charge in [0, 0.05) is 19.0 Å². The minimum atomic E-state index is 0.427. The highest BCUT2D eigenvalue weighted by molar-refractivity contribution is 5.80. The summed E-state index contributed by atoms with van der Waals surface area (Å²) in [7, 11) is 0. The van der Waals surface area contributed by atoms with E-state index in [-0.39, 0.29) is 0 Å². The Hall–Kier alpha value is -0.530. The Morgan fingerprint density at radius 2 is 1.33 bits per heavy atom. The van der Waals surface area contributed by atoms with Crippen LogP contribution in [0.4, 0.5) is 0 Å². The van der Waals surface area contributed by atoms with Crippen LogP contribution in [0.25, 0.3) is 0 Å². The molecule has 0 aromatic carbocycles. The molecule has 1 aliphatic heterocycles. The van der Waals surface area contributed by atoms with Crippen LogP contribution >= 0.6 is 0 Å². The van der Waals surface area contributed by atoms with Crippen molar-refractivity contribution in [1.82, 2.24) is 4.90 Å². The SMILES string of the molecule is O=C(C1C2CC3CC(C2)CC1C3)N1CCCCC1. The lowest BCUT2D eigenvalue weighted by atomic mass is 9.51. The van der Waals surface area contributed by atoms with Gasteiger partial charge in [0.1, 0.15) is 0 Å². The third kappa shape index (κ3) is 1.71. The molecule has 0 spiro atoms. The Bertz CT molecular complexity index is 317. The summed E-state index contributed by atoms with van der Waals surface area (Å²) in [4.78, 5) is 15.0. The third-order valence-corrected chi connectivity index (χ3v) is 6.18. The van der Waals surface area contributed by atoms with Gasteiger partial charge in [-0.3, -0.25) is 4.79 Å². The largest absolute Gasteiger partial charge is 0.342 e. The molecule has 0 aromatic rings. The maximum absolute atomic E-state index is 12.8. The van der Waals surface area contributed by atoms with E-state index in [0.29, 0.717) is 11.8 Å². The first-order valence-electron chi connectivity index (χ1n) is 8.10. The smallest absolute Gasteiger partial charge is 0.226 e. The summed E-state index contributed by atoms with van der Waals surface area (Å²) < 4.78 is 0. The quantitative estimate of drug-likeness (QED) is 0.697. The van der Waals surface area contributed by atoms with Crippen molar-refractivity contribution in [3.63, 3.8) is 0 Å². The van der Waals surface area contributed by atoms with Crippen LogP contribution in [0, 0.1) is 29.6 Å². The topological polar surface area (TPSA) is 20.3 Å². The van der Waals surface area contributed by atoms with Gasteiger partial charge in [-0.05, 0) is 75.0 Å². The molecule has 1 saturated heterocycles. The molecule has 5 aliphatic rings. The van der Waals surface area contributed by atoms with Crippen molar-refractivity contribution in [3.05, 3.63) is 0 Å². The first-order valence-corrected chi connectivity index (χ1v) is 8.10. The first-order chi connectivity index (χ1) is 8.81. The van der Waals surface area contributed by atoms with Crippen molar-refractivity contribution in [2.45, 2.75) is 51.4 Å². The number of carbonyl (C=O) groups excluding carboxylic acids is 1. The van der Waals surface area contributed by atoms with E-state index in [1.807, 2.05) is 0 Å². The van der Waals surface area contributed by atoms with Crippen LogP contribution in [0.5, 0.6) is 0 Å². The molecule has 2 nitrogen and oxygen atoms in total. The molecule has 0 atom stereocenters. The monoisotopic (exact) mass is 247 g/mol. The van der Waals surface area contributed by atoms with E-state index in [9.17, 15) is 4.79 Å². The number of rotatable bonds is 1. The molecule has 4 bridgehead atoms. The van der Waals surface area contributed by atoms with Gasteiger partial charge in [-0.2, -0.15) is 0 Å². The molecule has 100 valence electrons. The minimum Gasteiger partial charge on any atom is -0.342 e. The number of piperidine rings is 1. The number of hydrogen-bond acceptors (Lipinski definition) is 1. The van der Waals surface area contributed by atoms with Crippen LogP contribution in [-0.4, -0.2) is 23.9 Å². The standard InChI is InChI=1S/C16H25NO/c18-16(17-4-2-1-3-5-17)15-13-7-11-6-12(9-13)10-14(15)8-11/h11-15H,1-10H2. The van der Waals surface area contributed by atoms with Crippen molar-refractivity contribution >= 4 is 5.91 Å². The second kappa shape index (κ2) is 4.25. The van der Waals surface area contributed by atoms with Gasteiger partial charge in [0.2, 0.25) is 5.91 Å². The van der Waals surface area contributed by atoms with Gasteiger partial charge >= 0.3 is 0 Å². The van der Waals surface area contributed by atoms with E-state index < -0.39 is 0 Å². The van der Waals surface area contributed by atoms with Gasteiger partial charge in [-0.25, -0.2) is 0 Å². The first kappa shape index (κ1) is 11.3. The highest BCUT2D eigenvalue weighted by Gasteiger charge is 2.51. The van der Waals surface area contributed by atoms with Crippen molar-refractivity contribution < 1.29 is 4.79 Å². The Kier molecular flexibility index (Phi) is 2.67. The van der Waals surface area contributed by atoms with Crippen molar-refractivity contribution in [3.8, 4) is 0 Å². The van der Waals surface area contributed by atoms with Crippen molar-refractivity contribution in [1.29, 1.82) is 0 Å². The second-order valence-corrected chi connectivity index (χ2v) is 7.34. The number of nitrogens with zero attached hydrogens (tertiary/aromatic N) is 1. The number of carbonyl (C=O) groups is 1. The molecule has 0 radical (unpaired) electrons. The fourth-order valence-electron chi connectivity index (χ4n) is 5.65. The lowest BCUT2D eigenvalue weighted by Gasteiger charge is -2.54. The van der Waals surface area contributed by atoms with Gasteiger partial charge in [-0.1, -0.05) is 0 Å². The predicted octanol–water partition coefficient (Wildman–Crippen LogP) is 3.07. The average Bonchev–Trinajstić information content (AvgIpc) is 2.38. The Labute approximate surface area is 110 Å². The molecule has 0 N–H and O–H groups in total. The highest BCUT2D eigenvalue weighted by Crippen LogP contribution is 2.56. The maximum Gasteiger partial charge on any atom is 0.226 e. The highest BCUT2D eigenvalue weighted by atomic mass is 16.2. The zero-order valence-electron chi connectivity index (χ0n) is 11.3. The molecule has 2 heteroatoms. The number of likely N-dealkylation sites (tertiary alicyclic amines) is 1. The molecule has 4 aliphatic carbocycles. The molecule has 0 aromatic heterocycles. The van der Waals surface area contributed by atoms with Crippen LogP contribution in [0.3, 0.4) is 0 Å². The average molecular weight is 247 g/mol. The molecular weight excluding hydrogens is 222 g/mol. The number of amides is 1. The molecular formula is C16H25NO. The van der Waals surface area contributed by atoms with Gasteiger partial charge in [-0.15, -0.1) is 0 Å². The van der Waals surface area contributed by atoms with Gasteiger partial charge < -0.3 is 4.90 Å². The van der Waals surface area contributed by atoms with Gasteiger partial charge in [0.05, 0.1) is 0 Å². The lowest BCUT2D eigenvalue weighted by molar-refractivity contribution is -0.150. The summed E-state index contributed by atoms with van der Waals surface area (Å²) in [5.74, 6) is 4.46. The van der Waals surface area contributed by atoms with E-state index in [0.717, 1.165) is 36.8 Å². The molecule has 1 amide bonds. The summed E-state index contributed by atoms with van der Waals surface area (Å²) in [6, 6.07) is 0. The Morgan fingerprint density at radius 3 is 1.89 bits per heavy atom. The van der Waals surface area contributed by atoms with E-state index in [4.69, 9.17) is 0 Å². The lowest BCUT2D eigenvalue weighted by Crippen LogP contribution is -2.52. The maximum atomic E-state index is 12.8. The molecule has 1 heterocycles. The van der Waals surface area contributed by atoms with E-state index >= 15 is 0 Å². The minimum absolute atomic E-state index is 0.427. The van der Waals surface area contributed by atoms with E-state index in [1.54, 1.807) is 0 Å². The Balaban J connectivity index is 1.52. The Morgan fingerprint density at radius 1 is 0.778 bits per heavy atom. The van der Waals surface area contributed by atoms with Crippen molar-refractivity contribution in [2.75, 3.05) is 13.1 Å². The summed E-state index contributed by atoms with van der Waals surface area (Å²) in [5, 5.41) is 0. The third-order valence-electron chi connectivity index (χ3n) is 6.18. The second-order valence-electron chi connectivity index (χ2n) is 7.34. The van der Waals surface area contributed by atoms with Crippen LogP contribution in [0.1, 0.15) is 51.4 Å². The molecule has 5 rings (SSSR count). The summed E-state index contributed by atoms with van der Waals surface area (Å²) >= 11 is 0. The fourth-order valence-corrected chi connectivity index (χ4v) is 5.65. The molecule has 4 saturated carbocycles. The zero-order valence-corrected chi connectivity index (χ0v) is 11.3. The number of hydrogen-bond donors (Lipinski definition) is 0. The summed E-state index contributed by atoms with van der Waals surface area (Å²) in [5.41, 5.74) is 0. The predicted molar refractivity (Wildman–Crippen MR) is 71.0 cm³/mol. The van der Waals surface area contributed by atoms with E-state index in [2.05, 4.69) is 4.90 Å².